The van der Waals surface area contributed by atoms with Gasteiger partial charge in [0, 0.05) is 23.9 Å². The summed E-state index contributed by atoms with van der Waals surface area (Å²) in [6.45, 7) is 6.44. The molecule has 0 atom stereocenters. The summed E-state index contributed by atoms with van der Waals surface area (Å²) < 4.78 is 7.89. The molecular formula is C15H18B2IN3O5. The molecule has 0 unspecified atom stereocenters. The lowest BCUT2D eigenvalue weighted by Crippen LogP contribution is -2.48. The highest BCUT2D eigenvalue weighted by atomic mass is 127. The number of halogens is 1. The molecule has 0 radical (unpaired) electrons. The zero-order valence-electron chi connectivity index (χ0n) is 14.8. The Kier molecular flexibility index (Phi) is 6.48. The molecule has 8 nitrogen and oxygen atoms in total. The molecule has 11 heteroatoms. The Balaban J connectivity index is 2.44. The lowest BCUT2D eigenvalue weighted by Gasteiger charge is -2.27. The fraction of sp³-hybridized carbons (Fsp3) is 0.267. The molecule has 0 fully saturated rings. The van der Waals surface area contributed by atoms with Crippen molar-refractivity contribution in [3.8, 4) is 11.5 Å². The second-order valence-electron chi connectivity index (χ2n) is 5.88. The van der Waals surface area contributed by atoms with E-state index < -0.39 is 19.0 Å². The SMILES string of the molecule is CB(O)N(B(C)O)c1nccc(Oc2cc(C)c([N+](=O)[O-])cc2C)c1I. The van der Waals surface area contributed by atoms with Gasteiger partial charge < -0.3 is 19.5 Å². The van der Waals surface area contributed by atoms with Gasteiger partial charge in [-0.3, -0.25) is 10.1 Å². The number of nitrogens with zero attached hydrogens (tertiary/aromatic N) is 3. The van der Waals surface area contributed by atoms with Gasteiger partial charge in [0.05, 0.1) is 8.49 Å². The van der Waals surface area contributed by atoms with Crippen molar-refractivity contribution in [3.63, 3.8) is 0 Å². The van der Waals surface area contributed by atoms with Gasteiger partial charge >= 0.3 is 14.1 Å². The molecule has 0 saturated carbocycles. The summed E-state index contributed by atoms with van der Waals surface area (Å²) in [5.41, 5.74) is 1.16. The molecule has 1 heterocycles. The van der Waals surface area contributed by atoms with Crippen LogP contribution in [0.15, 0.2) is 24.4 Å². The molecule has 0 bridgehead atoms. The van der Waals surface area contributed by atoms with Crippen LogP contribution >= 0.6 is 22.6 Å². The zero-order chi connectivity index (χ0) is 19.6. The van der Waals surface area contributed by atoms with Crippen LogP contribution in [0.5, 0.6) is 11.5 Å². The van der Waals surface area contributed by atoms with Crippen LogP contribution in [0.25, 0.3) is 0 Å². The summed E-state index contributed by atoms with van der Waals surface area (Å²) in [5, 5.41) is 30.9. The van der Waals surface area contributed by atoms with E-state index in [1.54, 1.807) is 26.0 Å². The summed E-state index contributed by atoms with van der Waals surface area (Å²) in [5.74, 6) is 1.34. The monoisotopic (exact) mass is 469 g/mol. The molecular weight excluding hydrogens is 451 g/mol. The molecule has 2 rings (SSSR count). The first-order chi connectivity index (χ1) is 12.1. The quantitative estimate of drug-likeness (QED) is 0.290. The summed E-state index contributed by atoms with van der Waals surface area (Å²) >= 11 is 2.03. The van der Waals surface area contributed by atoms with E-state index in [0.717, 1.165) is 0 Å². The van der Waals surface area contributed by atoms with Gasteiger partial charge in [-0.2, -0.15) is 0 Å². The van der Waals surface area contributed by atoms with Crippen molar-refractivity contribution < 1.29 is 19.7 Å². The van der Waals surface area contributed by atoms with E-state index in [9.17, 15) is 20.2 Å². The second kappa shape index (κ2) is 8.23. The van der Waals surface area contributed by atoms with Crippen LogP contribution in [-0.4, -0.2) is 34.1 Å². The molecule has 2 aromatic rings. The minimum absolute atomic E-state index is 0.0364. The van der Waals surface area contributed by atoms with E-state index in [1.165, 1.54) is 30.6 Å². The fourth-order valence-electron chi connectivity index (χ4n) is 2.54. The predicted octanol–water partition coefficient (Wildman–Crippen LogP) is 3.03. The van der Waals surface area contributed by atoms with Crippen LogP contribution in [0.3, 0.4) is 0 Å². The summed E-state index contributed by atoms with van der Waals surface area (Å²) in [4.78, 5) is 14.9. The molecule has 136 valence electrons. The van der Waals surface area contributed by atoms with Gasteiger partial charge in [-0.1, -0.05) is 0 Å². The Bertz CT molecular complexity index is 827. The van der Waals surface area contributed by atoms with Crippen LogP contribution in [0.2, 0.25) is 13.6 Å². The third kappa shape index (κ3) is 4.27. The maximum Gasteiger partial charge on any atom is 0.399 e. The van der Waals surface area contributed by atoms with Gasteiger partial charge in [-0.05, 0) is 61.7 Å². The maximum absolute atomic E-state index is 11.0. The Labute approximate surface area is 165 Å². The van der Waals surface area contributed by atoms with Gasteiger partial charge in [0.1, 0.15) is 17.3 Å². The van der Waals surface area contributed by atoms with E-state index >= 15 is 0 Å². The van der Waals surface area contributed by atoms with Crippen molar-refractivity contribution >= 4 is 48.2 Å². The first-order valence-electron chi connectivity index (χ1n) is 7.86. The lowest BCUT2D eigenvalue weighted by atomic mass is 9.69. The third-order valence-electron chi connectivity index (χ3n) is 3.80. The number of rotatable bonds is 6. The maximum atomic E-state index is 11.0. The summed E-state index contributed by atoms with van der Waals surface area (Å²) in [6.07, 6.45) is 1.51. The molecule has 0 aliphatic heterocycles. The molecule has 0 aliphatic rings. The van der Waals surface area contributed by atoms with Gasteiger partial charge in [-0.15, -0.1) is 0 Å². The Morgan fingerprint density at radius 1 is 1.19 bits per heavy atom. The van der Waals surface area contributed by atoms with Crippen LogP contribution in [0, 0.1) is 27.5 Å². The summed E-state index contributed by atoms with van der Waals surface area (Å²) in [6, 6.07) is 4.74. The largest absolute Gasteiger partial charge is 0.456 e. The summed E-state index contributed by atoms with van der Waals surface area (Å²) in [7, 11) is -1.90. The molecule has 0 amide bonds. The van der Waals surface area contributed by atoms with E-state index in [4.69, 9.17) is 4.74 Å². The Morgan fingerprint density at radius 2 is 1.81 bits per heavy atom. The standard InChI is InChI=1S/C15H18B2IN3O5/c1-9-8-13(10(2)7-11(9)21(24)25)26-12-5-6-19-15(14(12)18)20(16(3)22)17(4)23/h5-8,22-23H,1-4H3. The van der Waals surface area contributed by atoms with Crippen molar-refractivity contribution in [3.05, 3.63) is 49.2 Å². The highest BCUT2D eigenvalue weighted by Crippen LogP contribution is 2.36. The number of nitro groups is 1. The normalized spacial score (nSPS) is 10.4. The minimum atomic E-state index is -0.949. The number of aryl methyl sites for hydroxylation is 2. The Morgan fingerprint density at radius 3 is 2.35 bits per heavy atom. The van der Waals surface area contributed by atoms with Crippen LogP contribution in [0.1, 0.15) is 11.1 Å². The number of anilines is 1. The zero-order valence-corrected chi connectivity index (χ0v) is 17.0. The molecule has 0 saturated heterocycles. The highest BCUT2D eigenvalue weighted by Gasteiger charge is 2.28. The molecule has 2 N–H and O–H groups in total. The van der Waals surface area contributed by atoms with Crippen LogP contribution in [0.4, 0.5) is 11.5 Å². The molecule has 0 aliphatic carbocycles. The second-order valence-corrected chi connectivity index (χ2v) is 6.96. The van der Waals surface area contributed by atoms with Gasteiger partial charge in [0.15, 0.2) is 0 Å². The average molecular weight is 469 g/mol. The van der Waals surface area contributed by atoms with E-state index in [-0.39, 0.29) is 5.69 Å². The predicted molar refractivity (Wildman–Crippen MR) is 110 cm³/mol. The molecule has 1 aromatic heterocycles. The first-order valence-corrected chi connectivity index (χ1v) is 8.93. The number of ether oxygens (including phenoxy) is 1. The van der Waals surface area contributed by atoms with Gasteiger partial charge in [0.25, 0.3) is 5.69 Å². The molecule has 26 heavy (non-hydrogen) atoms. The number of aromatic nitrogens is 1. The minimum Gasteiger partial charge on any atom is -0.456 e. The Hall–Kier alpha value is -1.85. The van der Waals surface area contributed by atoms with E-state index in [0.29, 0.717) is 32.0 Å². The van der Waals surface area contributed by atoms with E-state index in [2.05, 4.69) is 4.98 Å². The number of hydrogen-bond donors (Lipinski definition) is 2. The van der Waals surface area contributed by atoms with Crippen molar-refractivity contribution in [1.82, 2.24) is 4.98 Å². The van der Waals surface area contributed by atoms with Gasteiger partial charge in [0.2, 0.25) is 0 Å². The van der Waals surface area contributed by atoms with E-state index in [1.807, 2.05) is 22.6 Å². The van der Waals surface area contributed by atoms with Gasteiger partial charge in [-0.25, -0.2) is 4.98 Å². The molecule has 1 aromatic carbocycles. The fourth-order valence-corrected chi connectivity index (χ4v) is 3.25. The number of benzene rings is 1. The first kappa shape index (κ1) is 20.5. The van der Waals surface area contributed by atoms with Crippen molar-refractivity contribution in [2.75, 3.05) is 4.72 Å². The smallest absolute Gasteiger partial charge is 0.399 e. The lowest BCUT2D eigenvalue weighted by molar-refractivity contribution is -0.385. The number of nitro benzene ring substituents is 1. The number of pyridine rings is 1. The average Bonchev–Trinajstić information content (AvgIpc) is 2.53. The van der Waals surface area contributed by atoms with Crippen molar-refractivity contribution in [2.45, 2.75) is 27.5 Å². The van der Waals surface area contributed by atoms with Crippen molar-refractivity contribution in [1.29, 1.82) is 0 Å². The van der Waals surface area contributed by atoms with Crippen LogP contribution < -0.4 is 9.46 Å². The topological polar surface area (TPSA) is 109 Å². The third-order valence-corrected chi connectivity index (χ3v) is 4.81. The van der Waals surface area contributed by atoms with Crippen molar-refractivity contribution in [2.24, 2.45) is 0 Å². The number of hydrogen-bond acceptors (Lipinski definition) is 7. The highest BCUT2D eigenvalue weighted by molar-refractivity contribution is 14.1. The van der Waals surface area contributed by atoms with Crippen LogP contribution in [-0.2, 0) is 0 Å². The molecule has 0 spiro atoms.